The molecule has 3 aromatic rings. The highest BCUT2D eigenvalue weighted by Gasteiger charge is 2.10. The van der Waals surface area contributed by atoms with Crippen molar-refractivity contribution in [1.82, 2.24) is 24.5 Å². The molecular formula is C14H16N6OS. The standard InChI is InChI=1S/C14H16N6OS/c1-22-6-5-21-9-20-8-18-13-14(20)17-7-11(19-13)10-3-2-4-16-12(10)15/h2-4,7-8H,5-6,9H2,1H3,(H2,15,16). The Labute approximate surface area is 132 Å². The number of imidazole rings is 1. The summed E-state index contributed by atoms with van der Waals surface area (Å²) in [5.74, 6) is 1.39. The molecule has 0 unspecified atom stereocenters. The van der Waals surface area contributed by atoms with Crippen LogP contribution in [0.4, 0.5) is 5.82 Å². The Balaban J connectivity index is 1.85. The monoisotopic (exact) mass is 316 g/mol. The van der Waals surface area contributed by atoms with E-state index in [-0.39, 0.29) is 0 Å². The molecule has 8 heteroatoms. The van der Waals surface area contributed by atoms with Gasteiger partial charge in [0, 0.05) is 17.5 Å². The van der Waals surface area contributed by atoms with E-state index in [2.05, 4.69) is 19.9 Å². The summed E-state index contributed by atoms with van der Waals surface area (Å²) >= 11 is 1.75. The molecule has 0 fully saturated rings. The molecule has 0 aliphatic heterocycles. The first-order valence-electron chi connectivity index (χ1n) is 6.75. The van der Waals surface area contributed by atoms with Gasteiger partial charge in [0.25, 0.3) is 0 Å². The highest BCUT2D eigenvalue weighted by atomic mass is 32.2. The number of fused-ring (bicyclic) bond motifs is 1. The summed E-state index contributed by atoms with van der Waals surface area (Å²) in [6.07, 6.45) is 7.05. The Morgan fingerprint density at radius 2 is 2.23 bits per heavy atom. The molecule has 0 spiro atoms. The number of pyridine rings is 1. The molecule has 0 aromatic carbocycles. The van der Waals surface area contributed by atoms with Crippen molar-refractivity contribution < 1.29 is 4.74 Å². The molecule has 3 aromatic heterocycles. The molecule has 114 valence electrons. The molecule has 0 atom stereocenters. The minimum absolute atomic E-state index is 0.417. The number of hydrogen-bond acceptors (Lipinski definition) is 7. The van der Waals surface area contributed by atoms with Crippen LogP contribution in [0.3, 0.4) is 0 Å². The maximum absolute atomic E-state index is 5.87. The quantitative estimate of drug-likeness (QED) is 0.693. The number of nitrogen functional groups attached to an aromatic ring is 1. The van der Waals surface area contributed by atoms with Crippen LogP contribution in [-0.2, 0) is 11.5 Å². The van der Waals surface area contributed by atoms with Crippen molar-refractivity contribution in [2.24, 2.45) is 0 Å². The zero-order chi connectivity index (χ0) is 15.4. The van der Waals surface area contributed by atoms with Crippen molar-refractivity contribution in [2.45, 2.75) is 6.73 Å². The van der Waals surface area contributed by atoms with Crippen LogP contribution in [0.1, 0.15) is 0 Å². The maximum Gasteiger partial charge on any atom is 0.198 e. The summed E-state index contributed by atoms with van der Waals surface area (Å²) in [7, 11) is 0. The van der Waals surface area contributed by atoms with Gasteiger partial charge in [0.15, 0.2) is 11.3 Å². The van der Waals surface area contributed by atoms with Crippen LogP contribution in [0.5, 0.6) is 0 Å². The third-order valence-corrected chi connectivity index (χ3v) is 3.68. The SMILES string of the molecule is CSCCOCn1cnc2nc(-c3cccnc3N)cnc21. The van der Waals surface area contributed by atoms with Gasteiger partial charge >= 0.3 is 0 Å². The number of rotatable bonds is 6. The van der Waals surface area contributed by atoms with Crippen LogP contribution in [0, 0.1) is 0 Å². The van der Waals surface area contributed by atoms with Gasteiger partial charge in [-0.3, -0.25) is 4.57 Å². The fourth-order valence-electron chi connectivity index (χ4n) is 2.00. The highest BCUT2D eigenvalue weighted by Crippen LogP contribution is 2.22. The Kier molecular flexibility index (Phi) is 4.50. The third-order valence-electron chi connectivity index (χ3n) is 3.10. The van der Waals surface area contributed by atoms with Crippen LogP contribution in [0.2, 0.25) is 0 Å². The summed E-state index contributed by atoms with van der Waals surface area (Å²) in [6.45, 7) is 1.11. The Bertz CT molecular complexity index is 775. The van der Waals surface area contributed by atoms with E-state index < -0.39 is 0 Å². The van der Waals surface area contributed by atoms with Crippen LogP contribution in [0.15, 0.2) is 30.9 Å². The Morgan fingerprint density at radius 1 is 1.32 bits per heavy atom. The topological polar surface area (TPSA) is 91.7 Å². The maximum atomic E-state index is 5.87. The molecule has 0 saturated heterocycles. The van der Waals surface area contributed by atoms with Crippen molar-refractivity contribution in [2.75, 3.05) is 24.3 Å². The molecule has 2 N–H and O–H groups in total. The van der Waals surface area contributed by atoms with E-state index in [1.807, 2.05) is 23.0 Å². The Hall–Kier alpha value is -2.19. The number of nitrogens with zero attached hydrogens (tertiary/aromatic N) is 5. The van der Waals surface area contributed by atoms with Crippen LogP contribution in [0.25, 0.3) is 22.6 Å². The van der Waals surface area contributed by atoms with Gasteiger partial charge in [-0.2, -0.15) is 11.8 Å². The third kappa shape index (κ3) is 3.02. The van der Waals surface area contributed by atoms with E-state index in [9.17, 15) is 0 Å². The van der Waals surface area contributed by atoms with E-state index in [0.29, 0.717) is 36.1 Å². The van der Waals surface area contributed by atoms with E-state index in [0.717, 1.165) is 11.3 Å². The van der Waals surface area contributed by atoms with Gasteiger partial charge in [-0.15, -0.1) is 0 Å². The number of ether oxygens (including phenoxy) is 1. The number of nitrogens with two attached hydrogens (primary N) is 1. The van der Waals surface area contributed by atoms with Gasteiger partial charge in [0.2, 0.25) is 0 Å². The van der Waals surface area contributed by atoms with Gasteiger partial charge in [-0.25, -0.2) is 19.9 Å². The molecule has 3 heterocycles. The minimum Gasteiger partial charge on any atom is -0.383 e. The van der Waals surface area contributed by atoms with Crippen molar-refractivity contribution in [1.29, 1.82) is 0 Å². The summed E-state index contributed by atoms with van der Waals surface area (Å²) in [5.41, 5.74) is 8.54. The predicted octanol–water partition coefficient (Wildman–Crippen LogP) is 1.81. The van der Waals surface area contributed by atoms with E-state index >= 15 is 0 Å². The summed E-state index contributed by atoms with van der Waals surface area (Å²) in [5, 5.41) is 0. The molecule has 0 aliphatic carbocycles. The molecule has 0 aliphatic rings. The molecule has 3 rings (SSSR count). The lowest BCUT2D eigenvalue weighted by molar-refractivity contribution is 0.0922. The fraction of sp³-hybridized carbons (Fsp3) is 0.286. The van der Waals surface area contributed by atoms with Crippen LogP contribution in [-0.4, -0.2) is 43.1 Å². The molecule has 0 amide bonds. The van der Waals surface area contributed by atoms with Gasteiger partial charge in [-0.1, -0.05) is 0 Å². The summed E-state index contributed by atoms with van der Waals surface area (Å²) in [4.78, 5) is 17.3. The van der Waals surface area contributed by atoms with Crippen LogP contribution >= 0.6 is 11.8 Å². The number of thioether (sulfide) groups is 1. The van der Waals surface area contributed by atoms with E-state index in [1.165, 1.54) is 0 Å². The zero-order valence-electron chi connectivity index (χ0n) is 12.1. The van der Waals surface area contributed by atoms with Crippen molar-refractivity contribution >= 4 is 28.9 Å². The average molecular weight is 316 g/mol. The zero-order valence-corrected chi connectivity index (χ0v) is 13.0. The summed E-state index contributed by atoms with van der Waals surface area (Å²) < 4.78 is 7.40. The lowest BCUT2D eigenvalue weighted by atomic mass is 10.2. The fourth-order valence-corrected chi connectivity index (χ4v) is 2.29. The normalized spacial score (nSPS) is 11.1. The number of aromatic nitrogens is 5. The second-order valence-electron chi connectivity index (χ2n) is 4.58. The van der Waals surface area contributed by atoms with Gasteiger partial charge < -0.3 is 10.5 Å². The smallest absolute Gasteiger partial charge is 0.198 e. The lowest BCUT2D eigenvalue weighted by Crippen LogP contribution is -2.05. The van der Waals surface area contributed by atoms with Crippen molar-refractivity contribution in [3.05, 3.63) is 30.9 Å². The second kappa shape index (κ2) is 6.71. The number of hydrogen-bond donors (Lipinski definition) is 1. The van der Waals surface area contributed by atoms with Crippen molar-refractivity contribution in [3.63, 3.8) is 0 Å². The highest BCUT2D eigenvalue weighted by molar-refractivity contribution is 7.98. The van der Waals surface area contributed by atoms with Gasteiger partial charge in [0.05, 0.1) is 18.5 Å². The van der Waals surface area contributed by atoms with E-state index in [1.54, 1.807) is 30.5 Å². The second-order valence-corrected chi connectivity index (χ2v) is 5.57. The Morgan fingerprint density at radius 3 is 3.05 bits per heavy atom. The molecule has 0 radical (unpaired) electrons. The minimum atomic E-state index is 0.417. The van der Waals surface area contributed by atoms with Crippen molar-refractivity contribution in [3.8, 4) is 11.3 Å². The van der Waals surface area contributed by atoms with Gasteiger partial charge in [-0.05, 0) is 18.4 Å². The number of anilines is 1. The first-order chi connectivity index (χ1) is 10.8. The molecular weight excluding hydrogens is 300 g/mol. The largest absolute Gasteiger partial charge is 0.383 e. The first-order valence-corrected chi connectivity index (χ1v) is 8.14. The molecule has 0 saturated carbocycles. The summed E-state index contributed by atoms with van der Waals surface area (Å²) in [6, 6.07) is 3.68. The average Bonchev–Trinajstić information content (AvgIpc) is 2.94. The predicted molar refractivity (Wildman–Crippen MR) is 87.3 cm³/mol. The van der Waals surface area contributed by atoms with Gasteiger partial charge in [0.1, 0.15) is 18.9 Å². The molecule has 22 heavy (non-hydrogen) atoms. The molecule has 7 nitrogen and oxygen atoms in total. The molecule has 0 bridgehead atoms. The van der Waals surface area contributed by atoms with Crippen LogP contribution < -0.4 is 5.73 Å². The first kappa shape index (κ1) is 14.7. The lowest BCUT2D eigenvalue weighted by Gasteiger charge is -2.05. The van der Waals surface area contributed by atoms with E-state index in [4.69, 9.17) is 10.5 Å².